The summed E-state index contributed by atoms with van der Waals surface area (Å²) in [5, 5.41) is 0.740. The van der Waals surface area contributed by atoms with E-state index in [9.17, 15) is 18.0 Å². The summed E-state index contributed by atoms with van der Waals surface area (Å²) in [5.74, 6) is -2.20. The van der Waals surface area contributed by atoms with E-state index in [1.807, 2.05) is 0 Å². The van der Waals surface area contributed by atoms with E-state index in [-0.39, 0.29) is 13.0 Å². The second-order valence-electron chi connectivity index (χ2n) is 3.16. The van der Waals surface area contributed by atoms with Crippen molar-refractivity contribution in [1.29, 1.82) is 0 Å². The number of halogens is 5. The number of carbonyl (C=O) groups excluding carboxylic acids is 1. The molecule has 0 radical (unpaired) electrons. The van der Waals surface area contributed by atoms with Crippen molar-refractivity contribution < 1.29 is 22.7 Å². The van der Waals surface area contributed by atoms with Crippen LogP contribution in [0.5, 0.6) is 0 Å². The van der Waals surface area contributed by atoms with E-state index in [0.717, 1.165) is 0 Å². The molecule has 0 heterocycles. The molecule has 7 heteroatoms. The number of hydrogen-bond acceptors (Lipinski definition) is 2. The molecule has 0 aromatic heterocycles. The molecule has 0 amide bonds. The average molecular weight is 287 g/mol. The van der Waals surface area contributed by atoms with Crippen molar-refractivity contribution in [2.24, 2.45) is 0 Å². The van der Waals surface area contributed by atoms with Gasteiger partial charge < -0.3 is 4.74 Å². The fourth-order valence-electron chi connectivity index (χ4n) is 1.10. The van der Waals surface area contributed by atoms with Gasteiger partial charge in [0.1, 0.15) is 0 Å². The number of esters is 1. The second kappa shape index (κ2) is 5.60. The fourth-order valence-corrected chi connectivity index (χ4v) is 1.67. The SMILES string of the molecule is O=C(OCCc1cc(Cl)cc(Cl)c1)C(F)(F)F. The predicted octanol–water partition coefficient (Wildman–Crippen LogP) is 3.64. The first kappa shape index (κ1) is 14.1. The van der Waals surface area contributed by atoms with Crippen molar-refractivity contribution in [3.8, 4) is 0 Å². The van der Waals surface area contributed by atoms with Crippen LogP contribution in [0.1, 0.15) is 5.56 Å². The molecule has 0 aliphatic carbocycles. The Morgan fingerprint density at radius 2 is 1.71 bits per heavy atom. The monoisotopic (exact) mass is 286 g/mol. The largest absolute Gasteiger partial charge is 0.490 e. The summed E-state index contributed by atoms with van der Waals surface area (Å²) < 4.78 is 39.4. The van der Waals surface area contributed by atoms with Gasteiger partial charge in [-0.2, -0.15) is 13.2 Å². The topological polar surface area (TPSA) is 26.3 Å². The molecule has 0 saturated heterocycles. The maximum atomic E-state index is 11.8. The van der Waals surface area contributed by atoms with Crippen LogP contribution in [0.15, 0.2) is 18.2 Å². The summed E-state index contributed by atoms with van der Waals surface area (Å²) in [7, 11) is 0. The number of carbonyl (C=O) groups is 1. The molecule has 0 atom stereocenters. The van der Waals surface area contributed by atoms with E-state index in [1.54, 1.807) is 0 Å². The van der Waals surface area contributed by atoms with Gasteiger partial charge in [-0.15, -0.1) is 0 Å². The van der Waals surface area contributed by atoms with Gasteiger partial charge in [-0.1, -0.05) is 23.2 Å². The lowest BCUT2D eigenvalue weighted by Gasteiger charge is -2.07. The number of rotatable bonds is 3. The zero-order valence-electron chi connectivity index (χ0n) is 8.35. The van der Waals surface area contributed by atoms with Crippen LogP contribution in [0.3, 0.4) is 0 Å². The quantitative estimate of drug-likeness (QED) is 0.793. The zero-order chi connectivity index (χ0) is 13.1. The van der Waals surface area contributed by atoms with Crippen LogP contribution in [-0.4, -0.2) is 18.8 Å². The van der Waals surface area contributed by atoms with Crippen molar-refractivity contribution in [3.05, 3.63) is 33.8 Å². The highest BCUT2D eigenvalue weighted by Crippen LogP contribution is 2.20. The normalized spacial score (nSPS) is 11.4. The van der Waals surface area contributed by atoms with Crippen molar-refractivity contribution in [3.63, 3.8) is 0 Å². The van der Waals surface area contributed by atoms with Gasteiger partial charge in [0.05, 0.1) is 6.61 Å². The summed E-state index contributed by atoms with van der Waals surface area (Å²) in [5.41, 5.74) is 0.595. The Morgan fingerprint density at radius 1 is 1.18 bits per heavy atom. The molecule has 0 saturated carbocycles. The van der Waals surface area contributed by atoms with Crippen LogP contribution < -0.4 is 0 Å². The highest BCUT2D eigenvalue weighted by atomic mass is 35.5. The van der Waals surface area contributed by atoms with E-state index >= 15 is 0 Å². The first-order valence-corrected chi connectivity index (χ1v) is 5.23. The van der Waals surface area contributed by atoms with Crippen LogP contribution in [0.4, 0.5) is 13.2 Å². The van der Waals surface area contributed by atoms with Crippen molar-refractivity contribution >= 4 is 29.2 Å². The molecule has 17 heavy (non-hydrogen) atoms. The molecule has 0 bridgehead atoms. The number of benzene rings is 1. The number of alkyl halides is 3. The highest BCUT2D eigenvalue weighted by Gasteiger charge is 2.40. The van der Waals surface area contributed by atoms with E-state index in [4.69, 9.17) is 23.2 Å². The van der Waals surface area contributed by atoms with Crippen LogP contribution >= 0.6 is 23.2 Å². The van der Waals surface area contributed by atoms with E-state index in [0.29, 0.717) is 15.6 Å². The lowest BCUT2D eigenvalue weighted by molar-refractivity contribution is -0.199. The second-order valence-corrected chi connectivity index (χ2v) is 4.03. The Morgan fingerprint density at radius 3 is 2.18 bits per heavy atom. The molecule has 0 spiro atoms. The molecule has 1 aromatic carbocycles. The van der Waals surface area contributed by atoms with Crippen LogP contribution in [0.25, 0.3) is 0 Å². The smallest absolute Gasteiger partial charge is 0.459 e. The van der Waals surface area contributed by atoms with Crippen LogP contribution in [0.2, 0.25) is 10.0 Å². The van der Waals surface area contributed by atoms with Crippen LogP contribution in [0, 0.1) is 0 Å². The third-order valence-corrected chi connectivity index (χ3v) is 2.21. The highest BCUT2D eigenvalue weighted by molar-refractivity contribution is 6.34. The molecule has 0 fully saturated rings. The van der Waals surface area contributed by atoms with Gasteiger partial charge in [-0.05, 0) is 23.8 Å². The van der Waals surface area contributed by atoms with Crippen molar-refractivity contribution in [1.82, 2.24) is 0 Å². The van der Waals surface area contributed by atoms with Gasteiger partial charge in [0.15, 0.2) is 0 Å². The van der Waals surface area contributed by atoms with Gasteiger partial charge in [0.2, 0.25) is 0 Å². The summed E-state index contributed by atoms with van der Waals surface area (Å²) >= 11 is 11.4. The lowest BCUT2D eigenvalue weighted by Crippen LogP contribution is -2.26. The molecule has 0 aliphatic heterocycles. The average Bonchev–Trinajstić information content (AvgIpc) is 2.14. The molecular weight excluding hydrogens is 280 g/mol. The Bertz CT molecular complexity index is 398. The molecular formula is C10H7Cl2F3O2. The Hall–Kier alpha value is -0.940. The van der Waals surface area contributed by atoms with Gasteiger partial charge in [-0.25, -0.2) is 4.79 Å². The van der Waals surface area contributed by atoms with Gasteiger partial charge in [-0.3, -0.25) is 0 Å². The van der Waals surface area contributed by atoms with Crippen molar-refractivity contribution in [2.75, 3.05) is 6.61 Å². The van der Waals surface area contributed by atoms with Crippen LogP contribution in [-0.2, 0) is 16.0 Å². The molecule has 0 N–H and O–H groups in total. The summed E-state index contributed by atoms with van der Waals surface area (Å²) in [4.78, 5) is 10.4. The maximum Gasteiger partial charge on any atom is 0.490 e. The third-order valence-electron chi connectivity index (χ3n) is 1.78. The number of hydrogen-bond donors (Lipinski definition) is 0. The Balaban J connectivity index is 2.49. The molecule has 94 valence electrons. The Kier molecular flexibility index (Phi) is 4.65. The molecule has 1 aromatic rings. The minimum atomic E-state index is -4.97. The minimum Gasteiger partial charge on any atom is -0.459 e. The van der Waals surface area contributed by atoms with E-state index < -0.39 is 12.1 Å². The van der Waals surface area contributed by atoms with E-state index in [2.05, 4.69) is 4.74 Å². The zero-order valence-corrected chi connectivity index (χ0v) is 9.86. The van der Waals surface area contributed by atoms with Gasteiger partial charge in [0.25, 0.3) is 0 Å². The number of ether oxygens (including phenoxy) is 1. The first-order chi connectivity index (χ1) is 7.79. The standard InChI is InChI=1S/C10H7Cl2F3O2/c11-7-3-6(4-8(12)5-7)1-2-17-9(16)10(13,14)15/h3-5H,1-2H2. The first-order valence-electron chi connectivity index (χ1n) is 4.48. The molecule has 1 rings (SSSR count). The summed E-state index contributed by atoms with van der Waals surface area (Å²) in [6.45, 7) is -0.380. The molecule has 0 unspecified atom stereocenters. The van der Waals surface area contributed by atoms with Gasteiger partial charge in [0, 0.05) is 16.5 Å². The summed E-state index contributed by atoms with van der Waals surface area (Å²) in [6, 6.07) is 4.57. The third kappa shape index (κ3) is 4.83. The summed E-state index contributed by atoms with van der Waals surface area (Å²) in [6.07, 6.45) is -4.85. The Labute approximate surface area is 105 Å². The fraction of sp³-hybridized carbons (Fsp3) is 0.300. The lowest BCUT2D eigenvalue weighted by atomic mass is 10.2. The van der Waals surface area contributed by atoms with Gasteiger partial charge >= 0.3 is 12.1 Å². The maximum absolute atomic E-state index is 11.8. The molecule has 0 aliphatic rings. The minimum absolute atomic E-state index is 0.113. The van der Waals surface area contributed by atoms with E-state index in [1.165, 1.54) is 18.2 Å². The predicted molar refractivity (Wildman–Crippen MR) is 57.2 cm³/mol. The molecule has 2 nitrogen and oxygen atoms in total. The van der Waals surface area contributed by atoms with Crippen molar-refractivity contribution in [2.45, 2.75) is 12.6 Å².